The predicted molar refractivity (Wildman–Crippen MR) is 78.7 cm³/mol. The van der Waals surface area contributed by atoms with Gasteiger partial charge in [0.1, 0.15) is 0 Å². The second-order valence-corrected chi connectivity index (χ2v) is 4.69. The van der Waals surface area contributed by atoms with Crippen molar-refractivity contribution in [3.05, 3.63) is 35.9 Å². The number of hydrogen-bond donors (Lipinski definition) is 1. The van der Waals surface area contributed by atoms with E-state index in [0.29, 0.717) is 0 Å². The fourth-order valence-electron chi connectivity index (χ4n) is 1.98. The first kappa shape index (κ1) is 14.2. The number of rotatable bonds is 5. The van der Waals surface area contributed by atoms with Gasteiger partial charge in [0.2, 0.25) is 0 Å². The average Bonchev–Trinajstić information content (AvgIpc) is 2.52. The molecule has 0 radical (unpaired) electrons. The van der Waals surface area contributed by atoms with Gasteiger partial charge in [-0.05, 0) is 31.2 Å². The lowest BCUT2D eigenvalue weighted by atomic mass is 9.99. The topological polar surface area (TPSA) is 63.0 Å². The summed E-state index contributed by atoms with van der Waals surface area (Å²) in [5.74, 6) is -0.284. The molecule has 5 nitrogen and oxygen atoms in total. The molecular weight excluding hydrogens is 254 g/mol. The summed E-state index contributed by atoms with van der Waals surface area (Å²) in [6, 6.07) is 9.56. The number of carbonyl (C=O) groups is 1. The molecule has 20 heavy (non-hydrogen) atoms. The summed E-state index contributed by atoms with van der Waals surface area (Å²) in [7, 11) is 0. The zero-order chi connectivity index (χ0) is 14.0. The van der Waals surface area contributed by atoms with E-state index in [-0.39, 0.29) is 12.5 Å². The van der Waals surface area contributed by atoms with Crippen LogP contribution in [0.25, 0.3) is 0 Å². The Kier molecular flexibility index (Phi) is 5.76. The number of nitrogens with one attached hydrogen (secondary N) is 1. The molecule has 1 aliphatic rings. The molecule has 0 aromatic heterocycles. The van der Waals surface area contributed by atoms with Gasteiger partial charge in [-0.1, -0.05) is 41.9 Å². The summed E-state index contributed by atoms with van der Waals surface area (Å²) >= 11 is 0. The van der Waals surface area contributed by atoms with Crippen molar-refractivity contribution in [3.63, 3.8) is 0 Å². The monoisotopic (exact) mass is 273 g/mol. The number of nitrogens with zero attached hydrogens (tertiary/aromatic N) is 2. The molecule has 1 fully saturated rings. The van der Waals surface area contributed by atoms with E-state index < -0.39 is 0 Å². The van der Waals surface area contributed by atoms with Crippen molar-refractivity contribution in [3.8, 4) is 0 Å². The molecule has 0 unspecified atom stereocenters. The van der Waals surface area contributed by atoms with E-state index in [0.717, 1.165) is 37.0 Å². The molecule has 1 aliphatic carbocycles. The quantitative estimate of drug-likeness (QED) is 0.661. The Balaban J connectivity index is 1.66. The number of carbonyl (C=O) groups excluding carboxylic acids is 1. The molecule has 0 heterocycles. The molecule has 1 N–H and O–H groups in total. The zero-order valence-corrected chi connectivity index (χ0v) is 11.4. The molecule has 1 aromatic carbocycles. The van der Waals surface area contributed by atoms with Crippen LogP contribution >= 0.6 is 0 Å². The Morgan fingerprint density at radius 1 is 1.20 bits per heavy atom. The summed E-state index contributed by atoms with van der Waals surface area (Å²) in [5, 5.41) is 7.85. The highest BCUT2D eigenvalue weighted by Gasteiger charge is 2.07. The molecule has 1 amide bonds. The molecule has 1 saturated carbocycles. The third-order valence-electron chi connectivity index (χ3n) is 3.04. The van der Waals surface area contributed by atoms with Crippen LogP contribution in [0.15, 0.2) is 40.6 Å². The fourth-order valence-corrected chi connectivity index (χ4v) is 1.98. The summed E-state index contributed by atoms with van der Waals surface area (Å²) in [6.07, 6.45) is 7.10. The smallest absolute Gasteiger partial charge is 0.280 e. The van der Waals surface area contributed by atoms with Crippen LogP contribution in [0.3, 0.4) is 0 Å². The van der Waals surface area contributed by atoms with Crippen LogP contribution in [-0.2, 0) is 9.63 Å². The zero-order valence-electron chi connectivity index (χ0n) is 11.4. The molecule has 0 aliphatic heterocycles. The Morgan fingerprint density at radius 2 is 1.95 bits per heavy atom. The van der Waals surface area contributed by atoms with E-state index in [9.17, 15) is 4.79 Å². The van der Waals surface area contributed by atoms with Gasteiger partial charge < -0.3 is 4.84 Å². The lowest BCUT2D eigenvalue weighted by Gasteiger charge is -2.11. The average molecular weight is 273 g/mol. The van der Waals surface area contributed by atoms with Crippen LogP contribution in [0.5, 0.6) is 0 Å². The van der Waals surface area contributed by atoms with Crippen molar-refractivity contribution < 1.29 is 9.63 Å². The van der Waals surface area contributed by atoms with Crippen LogP contribution in [0.1, 0.15) is 37.7 Å². The molecule has 0 spiro atoms. The lowest BCUT2D eigenvalue weighted by Crippen LogP contribution is -2.24. The minimum Gasteiger partial charge on any atom is -0.386 e. The van der Waals surface area contributed by atoms with E-state index >= 15 is 0 Å². The highest BCUT2D eigenvalue weighted by molar-refractivity contribution is 5.87. The fraction of sp³-hybridized carbons (Fsp3) is 0.400. The van der Waals surface area contributed by atoms with E-state index in [1.54, 1.807) is 6.21 Å². The van der Waals surface area contributed by atoms with Crippen LogP contribution in [0.2, 0.25) is 0 Å². The molecule has 0 atom stereocenters. The summed E-state index contributed by atoms with van der Waals surface area (Å²) in [6.45, 7) is -0.125. The van der Waals surface area contributed by atoms with Crippen LogP contribution in [0.4, 0.5) is 0 Å². The Hall–Kier alpha value is -2.17. The molecule has 5 heteroatoms. The van der Waals surface area contributed by atoms with Crippen molar-refractivity contribution in [2.45, 2.75) is 32.1 Å². The summed E-state index contributed by atoms with van der Waals surface area (Å²) in [4.78, 5) is 16.4. The van der Waals surface area contributed by atoms with Crippen molar-refractivity contribution in [1.82, 2.24) is 5.43 Å². The summed E-state index contributed by atoms with van der Waals surface area (Å²) < 4.78 is 0. The Bertz CT molecular complexity index is 475. The van der Waals surface area contributed by atoms with Gasteiger partial charge >= 0.3 is 0 Å². The SMILES string of the molecule is O=C(CON=Cc1ccccc1)NN=C1CCCCC1. The van der Waals surface area contributed by atoms with Crippen LogP contribution in [-0.4, -0.2) is 24.4 Å². The first-order valence-electron chi connectivity index (χ1n) is 6.89. The number of hydrazone groups is 1. The predicted octanol–water partition coefficient (Wildman–Crippen LogP) is 2.47. The van der Waals surface area contributed by atoms with Gasteiger partial charge in [0.25, 0.3) is 5.91 Å². The largest absolute Gasteiger partial charge is 0.386 e. The van der Waals surface area contributed by atoms with E-state index in [1.807, 2.05) is 30.3 Å². The standard InChI is InChI=1S/C15H19N3O2/c19-15(18-17-14-9-5-2-6-10-14)12-20-16-11-13-7-3-1-4-8-13/h1,3-4,7-8,11H,2,5-6,9-10,12H2,(H,18,19). The first-order chi connectivity index (χ1) is 9.84. The molecule has 0 bridgehead atoms. The minimum atomic E-state index is -0.284. The molecule has 0 saturated heterocycles. The van der Waals surface area contributed by atoms with Crippen molar-refractivity contribution in [1.29, 1.82) is 0 Å². The van der Waals surface area contributed by atoms with Gasteiger partial charge in [-0.2, -0.15) is 5.10 Å². The van der Waals surface area contributed by atoms with Gasteiger partial charge in [-0.3, -0.25) is 4.79 Å². The maximum Gasteiger partial charge on any atom is 0.280 e. The first-order valence-corrected chi connectivity index (χ1v) is 6.89. The number of oxime groups is 1. The van der Waals surface area contributed by atoms with Gasteiger partial charge in [0, 0.05) is 5.71 Å². The lowest BCUT2D eigenvalue weighted by molar-refractivity contribution is -0.125. The number of hydrogen-bond acceptors (Lipinski definition) is 4. The van der Waals surface area contributed by atoms with E-state index in [2.05, 4.69) is 15.7 Å². The van der Waals surface area contributed by atoms with E-state index in [1.165, 1.54) is 6.42 Å². The van der Waals surface area contributed by atoms with Gasteiger partial charge in [-0.15, -0.1) is 0 Å². The maximum atomic E-state index is 11.5. The Morgan fingerprint density at radius 3 is 2.70 bits per heavy atom. The van der Waals surface area contributed by atoms with Gasteiger partial charge in [-0.25, -0.2) is 5.43 Å². The second kappa shape index (κ2) is 8.09. The third kappa shape index (κ3) is 5.22. The molecule has 2 rings (SSSR count). The third-order valence-corrected chi connectivity index (χ3v) is 3.04. The second-order valence-electron chi connectivity index (χ2n) is 4.69. The van der Waals surface area contributed by atoms with E-state index in [4.69, 9.17) is 4.84 Å². The molecule has 106 valence electrons. The van der Waals surface area contributed by atoms with Crippen molar-refractivity contribution in [2.24, 2.45) is 10.3 Å². The van der Waals surface area contributed by atoms with Gasteiger partial charge in [0.05, 0.1) is 6.21 Å². The van der Waals surface area contributed by atoms with Crippen LogP contribution < -0.4 is 5.43 Å². The number of benzene rings is 1. The number of amides is 1. The highest BCUT2D eigenvalue weighted by Crippen LogP contribution is 2.14. The Labute approximate surface area is 118 Å². The maximum absolute atomic E-state index is 11.5. The molecule has 1 aromatic rings. The molecular formula is C15H19N3O2. The normalized spacial score (nSPS) is 15.1. The minimum absolute atomic E-state index is 0.125. The van der Waals surface area contributed by atoms with Gasteiger partial charge in [0.15, 0.2) is 6.61 Å². The highest BCUT2D eigenvalue weighted by atomic mass is 16.6. The van der Waals surface area contributed by atoms with Crippen molar-refractivity contribution in [2.75, 3.05) is 6.61 Å². The van der Waals surface area contributed by atoms with Crippen molar-refractivity contribution >= 4 is 17.8 Å². The summed E-state index contributed by atoms with van der Waals surface area (Å²) in [5.41, 5.74) is 4.49. The van der Waals surface area contributed by atoms with Crippen LogP contribution in [0, 0.1) is 0 Å².